The number of halogens is 1. The van der Waals surface area contributed by atoms with Gasteiger partial charge in [-0.25, -0.2) is 0 Å². The maximum absolute atomic E-state index is 11.9. The van der Waals surface area contributed by atoms with Gasteiger partial charge < -0.3 is 9.47 Å². The van der Waals surface area contributed by atoms with Gasteiger partial charge in [0.15, 0.2) is 0 Å². The third-order valence-electron chi connectivity index (χ3n) is 3.42. The summed E-state index contributed by atoms with van der Waals surface area (Å²) >= 11 is 6.10. The van der Waals surface area contributed by atoms with Crippen molar-refractivity contribution in [3.05, 3.63) is 58.1 Å². The molecule has 0 fully saturated rings. The summed E-state index contributed by atoms with van der Waals surface area (Å²) in [5.41, 5.74) is 2.88. The highest BCUT2D eigenvalue weighted by Crippen LogP contribution is 2.26. The molecule has 116 valence electrons. The van der Waals surface area contributed by atoms with Gasteiger partial charge in [0.2, 0.25) is 0 Å². The van der Waals surface area contributed by atoms with Gasteiger partial charge in [-0.1, -0.05) is 23.7 Å². The van der Waals surface area contributed by atoms with Crippen molar-refractivity contribution in [2.45, 2.75) is 26.7 Å². The molecule has 0 atom stereocenters. The molecule has 2 rings (SSSR count). The first-order valence-electron chi connectivity index (χ1n) is 7.10. The molecule has 0 bridgehead atoms. The van der Waals surface area contributed by atoms with E-state index in [1.165, 1.54) is 0 Å². The van der Waals surface area contributed by atoms with Crippen LogP contribution in [0.2, 0.25) is 5.02 Å². The van der Waals surface area contributed by atoms with Crippen molar-refractivity contribution >= 4 is 17.6 Å². The quantitative estimate of drug-likeness (QED) is 0.601. The van der Waals surface area contributed by atoms with Gasteiger partial charge >= 0.3 is 5.97 Å². The summed E-state index contributed by atoms with van der Waals surface area (Å²) in [5, 5.41) is 0.707. The van der Waals surface area contributed by atoms with Gasteiger partial charge in [-0.2, -0.15) is 0 Å². The summed E-state index contributed by atoms with van der Waals surface area (Å²) < 4.78 is 10.5. The van der Waals surface area contributed by atoms with E-state index < -0.39 is 0 Å². The minimum atomic E-state index is -0.253. The van der Waals surface area contributed by atoms with Crippen LogP contribution < -0.4 is 9.47 Å². The summed E-state index contributed by atoms with van der Waals surface area (Å²) in [5.74, 6) is 1.09. The smallest absolute Gasteiger partial charge is 0.311 e. The summed E-state index contributed by atoms with van der Waals surface area (Å²) in [7, 11) is 1.63. The zero-order chi connectivity index (χ0) is 16.1. The average Bonchev–Trinajstić information content (AvgIpc) is 2.51. The van der Waals surface area contributed by atoms with E-state index in [2.05, 4.69) is 0 Å². The summed E-state index contributed by atoms with van der Waals surface area (Å²) in [4.78, 5) is 11.9. The lowest BCUT2D eigenvalue weighted by Gasteiger charge is -2.09. The molecular weight excluding hydrogens is 300 g/mol. The highest BCUT2D eigenvalue weighted by Gasteiger charge is 2.09. The van der Waals surface area contributed by atoms with E-state index in [4.69, 9.17) is 21.1 Å². The van der Waals surface area contributed by atoms with Crippen LogP contribution in [0.25, 0.3) is 0 Å². The van der Waals surface area contributed by atoms with Crippen LogP contribution in [0.5, 0.6) is 11.5 Å². The average molecular weight is 319 g/mol. The van der Waals surface area contributed by atoms with Crippen LogP contribution >= 0.6 is 11.6 Å². The van der Waals surface area contributed by atoms with Gasteiger partial charge in [-0.05, 0) is 61.2 Å². The van der Waals surface area contributed by atoms with Crippen LogP contribution in [0.4, 0.5) is 0 Å². The summed E-state index contributed by atoms with van der Waals surface area (Å²) in [6.07, 6.45) is 0.960. The van der Waals surface area contributed by atoms with Gasteiger partial charge in [0, 0.05) is 11.4 Å². The standard InChI is InChI=1S/C18H19ClO3/c1-12-10-16(11-13(2)18(12)19)22-17(20)9-6-14-4-7-15(21-3)8-5-14/h4-5,7-8,10-11H,6,9H2,1-3H3. The van der Waals surface area contributed by atoms with Crippen molar-refractivity contribution in [1.82, 2.24) is 0 Å². The summed E-state index contributed by atoms with van der Waals surface area (Å²) in [6.45, 7) is 3.79. The third kappa shape index (κ3) is 4.25. The van der Waals surface area contributed by atoms with E-state index in [-0.39, 0.29) is 5.97 Å². The molecule has 0 aliphatic rings. The van der Waals surface area contributed by atoms with Gasteiger partial charge in [0.05, 0.1) is 7.11 Å². The first kappa shape index (κ1) is 16.4. The maximum Gasteiger partial charge on any atom is 0.311 e. The first-order chi connectivity index (χ1) is 10.5. The number of rotatable bonds is 5. The molecule has 0 aromatic heterocycles. The van der Waals surface area contributed by atoms with Crippen molar-refractivity contribution in [2.75, 3.05) is 7.11 Å². The fraction of sp³-hybridized carbons (Fsp3) is 0.278. The number of hydrogen-bond donors (Lipinski definition) is 0. The molecule has 0 saturated heterocycles. The Balaban J connectivity index is 1.92. The molecule has 0 heterocycles. The van der Waals surface area contributed by atoms with Crippen LogP contribution in [0, 0.1) is 13.8 Å². The normalized spacial score (nSPS) is 10.4. The lowest BCUT2D eigenvalue weighted by Crippen LogP contribution is -2.09. The Morgan fingerprint density at radius 3 is 2.18 bits per heavy atom. The molecule has 0 N–H and O–H groups in total. The number of aryl methyl sites for hydroxylation is 3. The van der Waals surface area contributed by atoms with Crippen molar-refractivity contribution in [1.29, 1.82) is 0 Å². The minimum absolute atomic E-state index is 0.253. The molecule has 3 nitrogen and oxygen atoms in total. The fourth-order valence-electron chi connectivity index (χ4n) is 2.19. The number of benzene rings is 2. The van der Waals surface area contributed by atoms with E-state index in [1.807, 2.05) is 38.1 Å². The number of ether oxygens (including phenoxy) is 2. The Morgan fingerprint density at radius 2 is 1.64 bits per heavy atom. The lowest BCUT2D eigenvalue weighted by atomic mass is 10.1. The fourth-order valence-corrected chi connectivity index (χ4v) is 2.30. The highest BCUT2D eigenvalue weighted by molar-refractivity contribution is 6.32. The van der Waals surface area contributed by atoms with Gasteiger partial charge in [0.1, 0.15) is 11.5 Å². The zero-order valence-corrected chi connectivity index (χ0v) is 13.7. The predicted octanol–water partition coefficient (Wildman–Crippen LogP) is 4.50. The lowest BCUT2D eigenvalue weighted by molar-refractivity contribution is -0.134. The second-order valence-electron chi connectivity index (χ2n) is 5.19. The molecular formula is C18H19ClO3. The zero-order valence-electron chi connectivity index (χ0n) is 13.0. The van der Waals surface area contributed by atoms with Crippen LogP contribution in [0.1, 0.15) is 23.1 Å². The minimum Gasteiger partial charge on any atom is -0.497 e. The van der Waals surface area contributed by atoms with Gasteiger partial charge in [-0.15, -0.1) is 0 Å². The van der Waals surface area contributed by atoms with E-state index in [0.29, 0.717) is 23.6 Å². The summed E-state index contributed by atoms with van der Waals surface area (Å²) in [6, 6.07) is 11.2. The van der Waals surface area contributed by atoms with E-state index in [9.17, 15) is 4.79 Å². The molecule has 4 heteroatoms. The van der Waals surface area contributed by atoms with E-state index in [1.54, 1.807) is 19.2 Å². The highest BCUT2D eigenvalue weighted by atomic mass is 35.5. The van der Waals surface area contributed by atoms with Crippen LogP contribution in [0.3, 0.4) is 0 Å². The molecule has 0 saturated carbocycles. The van der Waals surface area contributed by atoms with Crippen LogP contribution in [-0.4, -0.2) is 13.1 Å². The van der Waals surface area contributed by atoms with Crippen molar-refractivity contribution < 1.29 is 14.3 Å². The monoisotopic (exact) mass is 318 g/mol. The Labute approximate surface area is 135 Å². The Bertz CT molecular complexity index is 640. The predicted molar refractivity (Wildman–Crippen MR) is 87.9 cm³/mol. The SMILES string of the molecule is COc1ccc(CCC(=O)Oc2cc(C)c(Cl)c(C)c2)cc1. The van der Waals surface area contributed by atoms with Crippen molar-refractivity contribution in [3.63, 3.8) is 0 Å². The number of methoxy groups -OCH3 is 1. The largest absolute Gasteiger partial charge is 0.497 e. The van der Waals surface area contributed by atoms with Crippen LogP contribution in [-0.2, 0) is 11.2 Å². The Morgan fingerprint density at radius 1 is 1.05 bits per heavy atom. The molecule has 0 spiro atoms. The Hall–Kier alpha value is -2.00. The Kier molecular flexibility index (Phi) is 5.45. The number of hydrogen-bond acceptors (Lipinski definition) is 3. The molecule has 22 heavy (non-hydrogen) atoms. The molecule has 0 aliphatic heterocycles. The number of carbonyl (C=O) groups excluding carboxylic acids is 1. The molecule has 0 radical (unpaired) electrons. The maximum atomic E-state index is 11.9. The van der Waals surface area contributed by atoms with Crippen LogP contribution in [0.15, 0.2) is 36.4 Å². The van der Waals surface area contributed by atoms with E-state index in [0.717, 1.165) is 22.4 Å². The topological polar surface area (TPSA) is 35.5 Å². The number of esters is 1. The third-order valence-corrected chi connectivity index (χ3v) is 4.01. The number of carbonyl (C=O) groups is 1. The first-order valence-corrected chi connectivity index (χ1v) is 7.47. The molecule has 2 aromatic rings. The van der Waals surface area contributed by atoms with Crippen molar-refractivity contribution in [3.8, 4) is 11.5 Å². The van der Waals surface area contributed by atoms with E-state index >= 15 is 0 Å². The molecule has 0 amide bonds. The second-order valence-corrected chi connectivity index (χ2v) is 5.57. The molecule has 0 aliphatic carbocycles. The molecule has 2 aromatic carbocycles. The van der Waals surface area contributed by atoms with Gasteiger partial charge in [-0.3, -0.25) is 4.79 Å². The second kappa shape index (κ2) is 7.32. The molecule has 0 unspecified atom stereocenters. The van der Waals surface area contributed by atoms with Gasteiger partial charge in [0.25, 0.3) is 0 Å². The van der Waals surface area contributed by atoms with Crippen molar-refractivity contribution in [2.24, 2.45) is 0 Å².